The molecule has 0 aliphatic rings. The van der Waals surface area contributed by atoms with Crippen molar-refractivity contribution in [3.05, 3.63) is 29.3 Å². The van der Waals surface area contributed by atoms with E-state index in [0.29, 0.717) is 6.61 Å². The molecule has 1 atom stereocenters. The molecule has 0 aliphatic carbocycles. The van der Waals surface area contributed by atoms with Crippen molar-refractivity contribution >= 4 is 21.6 Å². The van der Waals surface area contributed by atoms with Gasteiger partial charge >= 0.3 is 0 Å². The second kappa shape index (κ2) is 8.70. The number of methoxy groups -OCH3 is 2. The molecule has 1 unspecified atom stereocenters. The first-order valence-corrected chi connectivity index (χ1v) is 8.69. The van der Waals surface area contributed by atoms with Crippen LogP contribution in [0.4, 0.5) is 0 Å². The van der Waals surface area contributed by atoms with E-state index in [1.165, 1.54) is 14.2 Å². The Hall–Kier alpha value is -0.660. The molecule has 0 amide bonds. The molecule has 1 aromatic rings. The van der Waals surface area contributed by atoms with E-state index in [1.807, 2.05) is 6.92 Å². The van der Waals surface area contributed by atoms with E-state index >= 15 is 0 Å². The normalized spacial score (nSPS) is 13.3. The summed E-state index contributed by atoms with van der Waals surface area (Å²) in [7, 11) is -0.534. The van der Waals surface area contributed by atoms with Crippen molar-refractivity contribution < 1.29 is 17.9 Å². The van der Waals surface area contributed by atoms with Crippen LogP contribution in [0.1, 0.15) is 18.1 Å². The van der Waals surface area contributed by atoms with Crippen molar-refractivity contribution in [1.29, 1.82) is 0 Å². The molecule has 0 spiro atoms. The number of ether oxygens (including phenoxy) is 2. The monoisotopic (exact) mass is 335 g/mol. The molecule has 21 heavy (non-hydrogen) atoms. The summed E-state index contributed by atoms with van der Waals surface area (Å²) in [6.45, 7) is 2.48. The average molecular weight is 336 g/mol. The Kier molecular flexibility index (Phi) is 7.62. The maximum absolute atomic E-state index is 12.3. The lowest BCUT2D eigenvalue weighted by atomic mass is 10.1. The average Bonchev–Trinajstić information content (AvgIpc) is 2.50. The standard InChI is InChI=1S/C14H22ClNO4S/c1-4-11-5-6-14(7-12(11)8-15)21(17,18)16-9-13(20-3)10-19-2/h5-7,13,16H,4,8-10H2,1-3H3. The van der Waals surface area contributed by atoms with E-state index in [0.717, 1.165) is 17.5 Å². The summed E-state index contributed by atoms with van der Waals surface area (Å²) in [5, 5.41) is 0. The highest BCUT2D eigenvalue weighted by Gasteiger charge is 2.18. The van der Waals surface area contributed by atoms with Gasteiger partial charge < -0.3 is 9.47 Å². The van der Waals surface area contributed by atoms with Crippen molar-refractivity contribution in [1.82, 2.24) is 4.72 Å². The van der Waals surface area contributed by atoms with Gasteiger partial charge in [0.1, 0.15) is 0 Å². The van der Waals surface area contributed by atoms with Gasteiger partial charge in [-0.2, -0.15) is 0 Å². The molecule has 0 radical (unpaired) electrons. The van der Waals surface area contributed by atoms with E-state index in [2.05, 4.69) is 4.72 Å². The molecule has 0 saturated carbocycles. The van der Waals surface area contributed by atoms with Gasteiger partial charge in [0.2, 0.25) is 10.0 Å². The molecule has 0 heterocycles. The number of aryl methyl sites for hydroxylation is 1. The number of halogens is 1. The summed E-state index contributed by atoms with van der Waals surface area (Å²) >= 11 is 5.87. The summed E-state index contributed by atoms with van der Waals surface area (Å²) in [5.41, 5.74) is 1.89. The van der Waals surface area contributed by atoms with Gasteiger partial charge in [-0.3, -0.25) is 0 Å². The van der Waals surface area contributed by atoms with Crippen molar-refractivity contribution in [2.75, 3.05) is 27.4 Å². The topological polar surface area (TPSA) is 64.6 Å². The van der Waals surface area contributed by atoms with E-state index in [-0.39, 0.29) is 23.4 Å². The highest BCUT2D eigenvalue weighted by molar-refractivity contribution is 7.89. The van der Waals surface area contributed by atoms with Crippen molar-refractivity contribution in [2.45, 2.75) is 30.2 Å². The number of benzene rings is 1. The first kappa shape index (κ1) is 18.4. The van der Waals surface area contributed by atoms with Gasteiger partial charge in [-0.05, 0) is 29.7 Å². The SMILES string of the molecule is CCc1ccc(S(=O)(=O)NCC(COC)OC)cc1CCl. The largest absolute Gasteiger partial charge is 0.382 e. The van der Waals surface area contributed by atoms with Gasteiger partial charge in [0.15, 0.2) is 0 Å². The Morgan fingerprint density at radius 3 is 2.52 bits per heavy atom. The lowest BCUT2D eigenvalue weighted by Crippen LogP contribution is -2.35. The fraction of sp³-hybridized carbons (Fsp3) is 0.571. The van der Waals surface area contributed by atoms with Crippen LogP contribution in [0.15, 0.2) is 23.1 Å². The van der Waals surface area contributed by atoms with Gasteiger partial charge in [0, 0.05) is 26.6 Å². The van der Waals surface area contributed by atoms with Crippen molar-refractivity contribution in [3.8, 4) is 0 Å². The van der Waals surface area contributed by atoms with Gasteiger partial charge in [0.25, 0.3) is 0 Å². The van der Waals surface area contributed by atoms with Crippen LogP contribution < -0.4 is 4.72 Å². The van der Waals surface area contributed by atoms with Crippen LogP contribution in [-0.4, -0.2) is 41.9 Å². The zero-order valence-electron chi connectivity index (χ0n) is 12.6. The van der Waals surface area contributed by atoms with E-state index in [4.69, 9.17) is 21.1 Å². The third kappa shape index (κ3) is 5.23. The summed E-state index contributed by atoms with van der Waals surface area (Å²) in [6, 6.07) is 5.01. The molecule has 0 aromatic heterocycles. The van der Waals surface area contributed by atoms with Crippen LogP contribution >= 0.6 is 11.6 Å². The molecule has 0 saturated heterocycles. The molecule has 5 nitrogen and oxygen atoms in total. The molecule has 0 fully saturated rings. The number of rotatable bonds is 9. The summed E-state index contributed by atoms with van der Waals surface area (Å²) in [4.78, 5) is 0.211. The van der Waals surface area contributed by atoms with Crippen molar-refractivity contribution in [3.63, 3.8) is 0 Å². The van der Waals surface area contributed by atoms with Crippen LogP contribution in [0.5, 0.6) is 0 Å². The number of hydrogen-bond donors (Lipinski definition) is 1. The van der Waals surface area contributed by atoms with Gasteiger partial charge in [-0.15, -0.1) is 11.6 Å². The predicted octanol–water partition coefficient (Wildman–Crippen LogP) is 1.93. The fourth-order valence-electron chi connectivity index (χ4n) is 1.92. The smallest absolute Gasteiger partial charge is 0.240 e. The lowest BCUT2D eigenvalue weighted by Gasteiger charge is -2.16. The van der Waals surface area contributed by atoms with Gasteiger partial charge in [-0.25, -0.2) is 13.1 Å². The van der Waals surface area contributed by atoms with Crippen LogP contribution in [0.25, 0.3) is 0 Å². The first-order chi connectivity index (χ1) is 9.98. The Balaban J connectivity index is 2.87. The summed E-state index contributed by atoms with van der Waals surface area (Å²) in [6.07, 6.45) is 0.488. The molecule has 0 aliphatic heterocycles. The van der Waals surface area contributed by atoms with Crippen LogP contribution in [-0.2, 0) is 31.8 Å². The molecule has 1 N–H and O–H groups in total. The van der Waals surface area contributed by atoms with Crippen molar-refractivity contribution in [2.24, 2.45) is 0 Å². The zero-order chi connectivity index (χ0) is 15.9. The van der Waals surface area contributed by atoms with Crippen LogP contribution in [0, 0.1) is 0 Å². The molecular weight excluding hydrogens is 314 g/mol. The summed E-state index contributed by atoms with van der Waals surface area (Å²) in [5.74, 6) is 0.289. The molecular formula is C14H22ClNO4S. The minimum atomic E-state index is -3.59. The first-order valence-electron chi connectivity index (χ1n) is 6.67. The number of nitrogens with one attached hydrogen (secondary N) is 1. The highest BCUT2D eigenvalue weighted by Crippen LogP contribution is 2.18. The Morgan fingerprint density at radius 1 is 1.29 bits per heavy atom. The molecule has 0 bridgehead atoms. The minimum absolute atomic E-state index is 0.151. The van der Waals surface area contributed by atoms with Crippen LogP contribution in [0.3, 0.4) is 0 Å². The third-order valence-electron chi connectivity index (χ3n) is 3.20. The highest BCUT2D eigenvalue weighted by atomic mass is 35.5. The number of hydrogen-bond acceptors (Lipinski definition) is 4. The number of alkyl halides is 1. The second-order valence-corrected chi connectivity index (χ2v) is 6.62. The summed E-state index contributed by atoms with van der Waals surface area (Å²) < 4.78 is 37.2. The lowest BCUT2D eigenvalue weighted by molar-refractivity contribution is 0.0320. The Bertz CT molecular complexity index is 548. The predicted molar refractivity (Wildman–Crippen MR) is 83.2 cm³/mol. The third-order valence-corrected chi connectivity index (χ3v) is 4.91. The van der Waals surface area contributed by atoms with E-state index in [9.17, 15) is 8.42 Å². The Labute approximate surface area is 131 Å². The fourth-order valence-corrected chi connectivity index (χ4v) is 3.29. The number of sulfonamides is 1. The maximum Gasteiger partial charge on any atom is 0.240 e. The Morgan fingerprint density at radius 2 is 2.00 bits per heavy atom. The minimum Gasteiger partial charge on any atom is -0.382 e. The van der Waals surface area contributed by atoms with Gasteiger partial charge in [-0.1, -0.05) is 13.0 Å². The molecule has 7 heteroatoms. The molecule has 1 rings (SSSR count). The zero-order valence-corrected chi connectivity index (χ0v) is 14.1. The van der Waals surface area contributed by atoms with E-state index in [1.54, 1.807) is 18.2 Å². The van der Waals surface area contributed by atoms with E-state index < -0.39 is 10.0 Å². The van der Waals surface area contributed by atoms with Gasteiger partial charge in [0.05, 0.1) is 17.6 Å². The molecule has 120 valence electrons. The van der Waals surface area contributed by atoms with Crippen LogP contribution in [0.2, 0.25) is 0 Å². The maximum atomic E-state index is 12.3. The quantitative estimate of drug-likeness (QED) is 0.700. The molecule has 1 aromatic carbocycles. The second-order valence-electron chi connectivity index (χ2n) is 4.58.